The molecule has 1 aliphatic carbocycles. The third kappa shape index (κ3) is 4.14. The largest absolute Gasteiger partial charge is 0.488 e. The van der Waals surface area contributed by atoms with Crippen molar-refractivity contribution in [3.63, 3.8) is 0 Å². The van der Waals surface area contributed by atoms with Gasteiger partial charge in [0.15, 0.2) is 0 Å². The van der Waals surface area contributed by atoms with Crippen molar-refractivity contribution in [3.05, 3.63) is 77.9 Å². The van der Waals surface area contributed by atoms with Gasteiger partial charge >= 0.3 is 6.09 Å². The number of benzene rings is 3. The molecule has 3 aromatic carbocycles. The number of rotatable bonds is 6. The van der Waals surface area contributed by atoms with E-state index in [0.29, 0.717) is 12.6 Å². The van der Waals surface area contributed by atoms with Gasteiger partial charge in [0.05, 0.1) is 0 Å². The van der Waals surface area contributed by atoms with Crippen LogP contribution in [0.4, 0.5) is 4.79 Å². The molecule has 1 aliphatic rings. The molecule has 0 bridgehead atoms. The first-order valence-electron chi connectivity index (χ1n) is 8.89. The number of hydrogen-bond donors (Lipinski definition) is 1. The summed E-state index contributed by atoms with van der Waals surface area (Å²) in [6.45, 7) is 0.725. The van der Waals surface area contributed by atoms with Crippen LogP contribution in [0.15, 0.2) is 66.7 Å². The fourth-order valence-electron chi connectivity index (χ4n) is 2.86. The Bertz CT molecular complexity index is 904. The fourth-order valence-corrected chi connectivity index (χ4v) is 2.86. The van der Waals surface area contributed by atoms with Crippen LogP contribution >= 0.6 is 0 Å². The monoisotopic (exact) mass is 347 g/mol. The molecular formula is C22H21NO3. The number of hydrogen-bond acceptors (Lipinski definition) is 3. The molecule has 0 aromatic heterocycles. The Morgan fingerprint density at radius 1 is 0.923 bits per heavy atom. The van der Waals surface area contributed by atoms with E-state index < -0.39 is 0 Å². The average molecular weight is 347 g/mol. The van der Waals surface area contributed by atoms with Gasteiger partial charge in [0.2, 0.25) is 0 Å². The zero-order valence-electron chi connectivity index (χ0n) is 14.5. The molecule has 4 heteroatoms. The van der Waals surface area contributed by atoms with Crippen molar-refractivity contribution >= 4 is 16.9 Å². The van der Waals surface area contributed by atoms with Crippen LogP contribution in [0.2, 0.25) is 0 Å². The molecule has 4 rings (SSSR count). The second kappa shape index (κ2) is 7.48. The van der Waals surface area contributed by atoms with Gasteiger partial charge in [-0.3, -0.25) is 0 Å². The SMILES string of the molecule is O=C(NC1CC1)OCc1cc(OCc2ccccc2)c2ccccc2c1. The lowest BCUT2D eigenvalue weighted by Gasteiger charge is -2.13. The second-order valence-corrected chi connectivity index (χ2v) is 6.58. The molecule has 0 saturated heterocycles. The lowest BCUT2D eigenvalue weighted by molar-refractivity contribution is 0.139. The van der Waals surface area contributed by atoms with Gasteiger partial charge in [0, 0.05) is 11.4 Å². The third-order valence-electron chi connectivity index (χ3n) is 4.39. The van der Waals surface area contributed by atoms with E-state index in [4.69, 9.17) is 9.47 Å². The first kappa shape index (κ1) is 16.5. The van der Waals surface area contributed by atoms with Crippen LogP contribution in [-0.2, 0) is 18.0 Å². The van der Waals surface area contributed by atoms with E-state index in [1.807, 2.05) is 66.7 Å². The van der Waals surface area contributed by atoms with E-state index >= 15 is 0 Å². The van der Waals surface area contributed by atoms with E-state index in [1.54, 1.807) is 0 Å². The number of nitrogens with one attached hydrogen (secondary N) is 1. The van der Waals surface area contributed by atoms with E-state index in [9.17, 15) is 4.79 Å². The molecule has 1 saturated carbocycles. The molecule has 26 heavy (non-hydrogen) atoms. The second-order valence-electron chi connectivity index (χ2n) is 6.58. The molecule has 0 spiro atoms. The van der Waals surface area contributed by atoms with Gasteiger partial charge in [0.25, 0.3) is 0 Å². The van der Waals surface area contributed by atoms with Gasteiger partial charge < -0.3 is 14.8 Å². The Morgan fingerprint density at radius 2 is 1.69 bits per heavy atom. The molecule has 3 aromatic rings. The van der Waals surface area contributed by atoms with Crippen LogP contribution < -0.4 is 10.1 Å². The summed E-state index contributed by atoms with van der Waals surface area (Å²) in [5, 5.41) is 4.95. The Labute approximate surface area is 152 Å². The van der Waals surface area contributed by atoms with Crippen molar-refractivity contribution in [2.24, 2.45) is 0 Å². The minimum atomic E-state index is -0.354. The smallest absolute Gasteiger partial charge is 0.407 e. The van der Waals surface area contributed by atoms with Crippen LogP contribution in [0.5, 0.6) is 5.75 Å². The van der Waals surface area contributed by atoms with Gasteiger partial charge in [0.1, 0.15) is 19.0 Å². The molecule has 0 unspecified atom stereocenters. The summed E-state index contributed by atoms with van der Waals surface area (Å²) >= 11 is 0. The summed E-state index contributed by atoms with van der Waals surface area (Å²) < 4.78 is 11.4. The number of amides is 1. The Balaban J connectivity index is 1.51. The maximum absolute atomic E-state index is 11.8. The van der Waals surface area contributed by atoms with Crippen molar-refractivity contribution in [1.29, 1.82) is 0 Å². The Kier molecular flexibility index (Phi) is 4.73. The standard InChI is InChI=1S/C22H21NO3/c24-22(23-19-10-11-19)26-15-17-12-18-8-4-5-9-20(18)21(13-17)25-14-16-6-2-1-3-7-16/h1-9,12-13,19H,10-11,14-15H2,(H,23,24). The minimum Gasteiger partial charge on any atom is -0.488 e. The predicted molar refractivity (Wildman–Crippen MR) is 101 cm³/mol. The topological polar surface area (TPSA) is 47.6 Å². The third-order valence-corrected chi connectivity index (χ3v) is 4.39. The summed E-state index contributed by atoms with van der Waals surface area (Å²) in [6, 6.07) is 22.4. The van der Waals surface area contributed by atoms with Crippen LogP contribution in [0, 0.1) is 0 Å². The maximum Gasteiger partial charge on any atom is 0.407 e. The summed E-state index contributed by atoms with van der Waals surface area (Å²) in [4.78, 5) is 11.8. The number of ether oxygens (including phenoxy) is 2. The summed E-state index contributed by atoms with van der Waals surface area (Å²) in [7, 11) is 0. The van der Waals surface area contributed by atoms with Crippen LogP contribution in [0.25, 0.3) is 10.8 Å². The molecule has 0 radical (unpaired) electrons. The molecule has 0 aliphatic heterocycles. The van der Waals surface area contributed by atoms with Crippen LogP contribution in [0.1, 0.15) is 24.0 Å². The van der Waals surface area contributed by atoms with Crippen molar-refractivity contribution in [3.8, 4) is 5.75 Å². The quantitative estimate of drug-likeness (QED) is 0.696. The van der Waals surface area contributed by atoms with Crippen molar-refractivity contribution in [2.45, 2.75) is 32.1 Å². The molecule has 132 valence electrons. The highest BCUT2D eigenvalue weighted by molar-refractivity contribution is 5.89. The lowest BCUT2D eigenvalue weighted by atomic mass is 10.1. The van der Waals surface area contributed by atoms with Gasteiger partial charge in [-0.05, 0) is 41.5 Å². The number of fused-ring (bicyclic) bond motifs is 1. The van der Waals surface area contributed by atoms with Gasteiger partial charge in [-0.15, -0.1) is 0 Å². The van der Waals surface area contributed by atoms with E-state index in [2.05, 4.69) is 5.32 Å². The van der Waals surface area contributed by atoms with Gasteiger partial charge in [-0.1, -0.05) is 54.6 Å². The average Bonchev–Trinajstić information content (AvgIpc) is 3.49. The summed E-state index contributed by atoms with van der Waals surface area (Å²) in [6.07, 6.45) is 1.73. The van der Waals surface area contributed by atoms with Crippen molar-refractivity contribution in [1.82, 2.24) is 5.32 Å². The fraction of sp³-hybridized carbons (Fsp3) is 0.227. The van der Waals surface area contributed by atoms with Gasteiger partial charge in [-0.25, -0.2) is 4.79 Å². The van der Waals surface area contributed by atoms with Crippen molar-refractivity contribution < 1.29 is 14.3 Å². The summed E-state index contributed by atoms with van der Waals surface area (Å²) in [5.41, 5.74) is 2.03. The summed E-state index contributed by atoms with van der Waals surface area (Å²) in [5.74, 6) is 0.799. The van der Waals surface area contributed by atoms with E-state index in [1.165, 1.54) is 0 Å². The highest BCUT2D eigenvalue weighted by Crippen LogP contribution is 2.29. The molecule has 1 amide bonds. The first-order chi connectivity index (χ1) is 12.8. The molecule has 0 heterocycles. The maximum atomic E-state index is 11.8. The number of alkyl carbamates (subject to hydrolysis) is 1. The molecular weight excluding hydrogens is 326 g/mol. The zero-order valence-corrected chi connectivity index (χ0v) is 14.5. The molecule has 1 N–H and O–H groups in total. The highest BCUT2D eigenvalue weighted by Gasteiger charge is 2.23. The van der Waals surface area contributed by atoms with E-state index in [-0.39, 0.29) is 12.7 Å². The Hall–Kier alpha value is -3.01. The van der Waals surface area contributed by atoms with Crippen LogP contribution in [0.3, 0.4) is 0 Å². The minimum absolute atomic E-state index is 0.227. The molecule has 0 atom stereocenters. The Morgan fingerprint density at radius 3 is 2.50 bits per heavy atom. The zero-order chi connectivity index (χ0) is 17.8. The highest BCUT2D eigenvalue weighted by atomic mass is 16.5. The van der Waals surface area contributed by atoms with E-state index in [0.717, 1.165) is 40.5 Å². The predicted octanol–water partition coefficient (Wildman–Crippen LogP) is 4.81. The van der Waals surface area contributed by atoms with Gasteiger partial charge in [-0.2, -0.15) is 0 Å². The van der Waals surface area contributed by atoms with Crippen LogP contribution in [-0.4, -0.2) is 12.1 Å². The normalized spacial score (nSPS) is 13.4. The first-order valence-corrected chi connectivity index (χ1v) is 8.89. The lowest BCUT2D eigenvalue weighted by Crippen LogP contribution is -2.26. The number of carbonyl (C=O) groups is 1. The van der Waals surface area contributed by atoms with Crippen molar-refractivity contribution in [2.75, 3.05) is 0 Å². The molecule has 4 nitrogen and oxygen atoms in total. The molecule has 1 fully saturated rings. The number of carbonyl (C=O) groups excluding carboxylic acids is 1.